The summed E-state index contributed by atoms with van der Waals surface area (Å²) in [6.45, 7) is 6.72. The average molecular weight is 569 g/mol. The van der Waals surface area contributed by atoms with Gasteiger partial charge in [0.15, 0.2) is 23.0 Å². The Morgan fingerprint density at radius 1 is 0.455 bits per heavy atom. The molecule has 8 aromatic rings. The number of fused-ring (bicyclic) bond motifs is 10. The molecule has 0 amide bonds. The van der Waals surface area contributed by atoms with Crippen LogP contribution in [0, 0.1) is 0 Å². The van der Waals surface area contributed by atoms with Gasteiger partial charge in [-0.05, 0) is 82.8 Å². The van der Waals surface area contributed by atoms with E-state index in [4.69, 9.17) is 9.47 Å². The van der Waals surface area contributed by atoms with Crippen molar-refractivity contribution in [2.75, 3.05) is 0 Å². The molecule has 0 N–H and O–H groups in total. The van der Waals surface area contributed by atoms with Gasteiger partial charge in [0.1, 0.15) is 0 Å². The van der Waals surface area contributed by atoms with Gasteiger partial charge in [-0.15, -0.1) is 0 Å². The highest BCUT2D eigenvalue weighted by Gasteiger charge is 2.27. The molecule has 4 nitrogen and oxygen atoms in total. The number of benzene rings is 6. The van der Waals surface area contributed by atoms with Crippen molar-refractivity contribution < 1.29 is 9.47 Å². The molecule has 10 rings (SSSR count). The maximum atomic E-state index is 6.54. The largest absolute Gasteiger partial charge is 0.453 e. The van der Waals surface area contributed by atoms with E-state index < -0.39 is 0 Å². The lowest BCUT2D eigenvalue weighted by Crippen LogP contribution is -2.12. The number of ether oxygens (including phenoxy) is 2. The molecule has 0 unspecified atom stereocenters. The Bertz CT molecular complexity index is 2540. The van der Waals surface area contributed by atoms with E-state index in [0.29, 0.717) is 0 Å². The summed E-state index contributed by atoms with van der Waals surface area (Å²) in [5, 5.41) is 4.84. The van der Waals surface area contributed by atoms with Crippen LogP contribution in [0.5, 0.6) is 23.0 Å². The molecule has 4 heterocycles. The first kappa shape index (κ1) is 24.0. The number of hydrogen-bond acceptors (Lipinski definition) is 2. The lowest BCUT2D eigenvalue weighted by molar-refractivity contribution is 0.472. The van der Waals surface area contributed by atoms with E-state index >= 15 is 0 Å². The second-order valence-electron chi connectivity index (χ2n) is 13.0. The minimum Gasteiger partial charge on any atom is -0.453 e. The van der Waals surface area contributed by atoms with Gasteiger partial charge in [-0.25, -0.2) is 0 Å². The molecule has 0 saturated heterocycles. The zero-order chi connectivity index (χ0) is 29.3. The quantitative estimate of drug-likeness (QED) is 0.197. The van der Waals surface area contributed by atoms with Crippen LogP contribution in [0.1, 0.15) is 26.3 Å². The first-order chi connectivity index (χ1) is 21.4. The molecular formula is C40H28N2O2. The topological polar surface area (TPSA) is 28.3 Å². The van der Waals surface area contributed by atoms with Gasteiger partial charge in [0, 0.05) is 21.5 Å². The molecule has 4 heteroatoms. The molecule has 2 aliphatic rings. The number of aromatic nitrogens is 2. The monoisotopic (exact) mass is 568 g/mol. The highest BCUT2D eigenvalue weighted by atomic mass is 16.5. The Morgan fingerprint density at radius 3 is 1.61 bits per heavy atom. The number of hydrogen-bond donors (Lipinski definition) is 0. The van der Waals surface area contributed by atoms with E-state index in [1.54, 1.807) is 0 Å². The SMILES string of the molecule is CC(C)(C)c1ccc2c(c1)Oc1cccc3c4cc(-c5ccc6c(c5)c5cccc7c5n6-c5ccccc5O7)ccc4n-2c13. The normalized spacial score (nSPS) is 13.2. The fourth-order valence-corrected chi connectivity index (χ4v) is 7.31. The van der Waals surface area contributed by atoms with Gasteiger partial charge in [-0.2, -0.15) is 0 Å². The molecule has 2 aromatic heterocycles. The number of nitrogens with zero attached hydrogens (tertiary/aromatic N) is 2. The van der Waals surface area contributed by atoms with E-state index in [-0.39, 0.29) is 5.41 Å². The van der Waals surface area contributed by atoms with Crippen LogP contribution in [0.25, 0.3) is 66.1 Å². The average Bonchev–Trinajstić information content (AvgIpc) is 3.55. The van der Waals surface area contributed by atoms with Gasteiger partial charge in [0.05, 0.1) is 33.4 Å². The second kappa shape index (κ2) is 8.12. The Labute approximate surface area is 254 Å². The third-order valence-corrected chi connectivity index (χ3v) is 9.45. The van der Waals surface area contributed by atoms with E-state index in [0.717, 1.165) is 45.4 Å². The predicted octanol–water partition coefficient (Wildman–Crippen LogP) is 11.1. The molecule has 0 atom stereocenters. The van der Waals surface area contributed by atoms with E-state index in [1.165, 1.54) is 49.3 Å². The van der Waals surface area contributed by atoms with Crippen molar-refractivity contribution in [3.63, 3.8) is 0 Å². The summed E-state index contributed by atoms with van der Waals surface area (Å²) in [6, 6.07) is 41.4. The smallest absolute Gasteiger partial charge is 0.152 e. The Hall–Kier alpha value is -5.48. The van der Waals surface area contributed by atoms with Crippen LogP contribution < -0.4 is 9.47 Å². The van der Waals surface area contributed by atoms with Crippen LogP contribution in [0.2, 0.25) is 0 Å². The summed E-state index contributed by atoms with van der Waals surface area (Å²) in [5.41, 5.74) is 10.5. The number of rotatable bonds is 1. The maximum Gasteiger partial charge on any atom is 0.152 e. The van der Waals surface area contributed by atoms with Crippen LogP contribution in [0.3, 0.4) is 0 Å². The van der Waals surface area contributed by atoms with Gasteiger partial charge < -0.3 is 18.6 Å². The molecule has 0 radical (unpaired) electrons. The van der Waals surface area contributed by atoms with Gasteiger partial charge in [-0.1, -0.05) is 75.4 Å². The van der Waals surface area contributed by atoms with E-state index in [1.807, 2.05) is 12.1 Å². The van der Waals surface area contributed by atoms with Crippen molar-refractivity contribution in [2.45, 2.75) is 26.2 Å². The highest BCUT2D eigenvalue weighted by Crippen LogP contribution is 2.48. The van der Waals surface area contributed by atoms with Crippen molar-refractivity contribution in [2.24, 2.45) is 0 Å². The molecule has 0 aliphatic carbocycles. The molecule has 2 aliphatic heterocycles. The van der Waals surface area contributed by atoms with Crippen molar-refractivity contribution in [3.8, 4) is 45.5 Å². The first-order valence-electron chi connectivity index (χ1n) is 15.2. The maximum absolute atomic E-state index is 6.54. The summed E-state index contributed by atoms with van der Waals surface area (Å²) >= 11 is 0. The fourth-order valence-electron chi connectivity index (χ4n) is 7.31. The second-order valence-corrected chi connectivity index (χ2v) is 13.0. The van der Waals surface area contributed by atoms with E-state index in [2.05, 4.69) is 133 Å². The Kier molecular flexibility index (Phi) is 4.43. The van der Waals surface area contributed by atoms with Crippen LogP contribution in [0.4, 0.5) is 0 Å². The van der Waals surface area contributed by atoms with Gasteiger partial charge in [0.2, 0.25) is 0 Å². The van der Waals surface area contributed by atoms with Crippen LogP contribution in [-0.4, -0.2) is 9.13 Å². The fraction of sp³-hybridized carbons (Fsp3) is 0.100. The van der Waals surface area contributed by atoms with Gasteiger partial charge >= 0.3 is 0 Å². The third-order valence-electron chi connectivity index (χ3n) is 9.45. The Morgan fingerprint density at radius 2 is 1.00 bits per heavy atom. The van der Waals surface area contributed by atoms with Crippen LogP contribution in [0.15, 0.2) is 115 Å². The van der Waals surface area contributed by atoms with E-state index in [9.17, 15) is 0 Å². The molecule has 0 fully saturated rings. The minimum atomic E-state index is 0.0431. The summed E-state index contributed by atoms with van der Waals surface area (Å²) < 4.78 is 17.6. The molecule has 0 bridgehead atoms. The van der Waals surface area contributed by atoms with Crippen molar-refractivity contribution >= 4 is 43.6 Å². The summed E-state index contributed by atoms with van der Waals surface area (Å²) in [6.07, 6.45) is 0. The lowest BCUT2D eigenvalue weighted by atomic mass is 9.87. The van der Waals surface area contributed by atoms with Crippen LogP contribution in [-0.2, 0) is 5.41 Å². The summed E-state index contributed by atoms with van der Waals surface area (Å²) in [4.78, 5) is 0. The zero-order valence-electron chi connectivity index (χ0n) is 24.7. The first-order valence-corrected chi connectivity index (χ1v) is 15.2. The molecule has 6 aromatic carbocycles. The lowest BCUT2D eigenvalue weighted by Gasteiger charge is -2.25. The minimum absolute atomic E-state index is 0.0431. The zero-order valence-corrected chi connectivity index (χ0v) is 24.7. The Balaban J connectivity index is 1.19. The highest BCUT2D eigenvalue weighted by molar-refractivity contribution is 6.15. The third kappa shape index (κ3) is 3.07. The molecule has 44 heavy (non-hydrogen) atoms. The number of para-hydroxylation sites is 4. The predicted molar refractivity (Wildman–Crippen MR) is 179 cm³/mol. The molecule has 210 valence electrons. The molecular weight excluding hydrogens is 540 g/mol. The van der Waals surface area contributed by atoms with Gasteiger partial charge in [-0.3, -0.25) is 0 Å². The van der Waals surface area contributed by atoms with Crippen LogP contribution >= 0.6 is 0 Å². The summed E-state index contributed by atoms with van der Waals surface area (Å²) in [7, 11) is 0. The van der Waals surface area contributed by atoms with Crippen molar-refractivity contribution in [1.82, 2.24) is 9.13 Å². The van der Waals surface area contributed by atoms with Crippen molar-refractivity contribution in [1.29, 1.82) is 0 Å². The van der Waals surface area contributed by atoms with Gasteiger partial charge in [0.25, 0.3) is 0 Å². The molecule has 0 spiro atoms. The standard InChI is InChI=1S/C40H28N2O2/c1-40(2,3)25-16-19-33-37(22-25)44-36-13-7-9-27-29-21-24(15-18-31(29)42(33)39(27)36)23-14-17-30-28(20-23)26-8-6-12-35-38(26)41(30)32-10-4-5-11-34(32)43-35/h4-22H,1-3H3. The van der Waals surface area contributed by atoms with Crippen molar-refractivity contribution in [3.05, 3.63) is 121 Å². The summed E-state index contributed by atoms with van der Waals surface area (Å²) in [5.74, 6) is 3.58. The molecule has 0 saturated carbocycles.